The highest BCUT2D eigenvalue weighted by molar-refractivity contribution is 6.02. The minimum Gasteiger partial charge on any atom is -0.392 e. The first-order valence-electron chi connectivity index (χ1n) is 23.4. The van der Waals surface area contributed by atoms with Crippen molar-refractivity contribution in [2.75, 3.05) is 13.2 Å². The molecule has 0 spiro atoms. The second-order valence-electron chi connectivity index (χ2n) is 23.1. The first-order chi connectivity index (χ1) is 28.2. The van der Waals surface area contributed by atoms with E-state index in [2.05, 4.69) is 88.6 Å². The minimum absolute atomic E-state index is 0.0883. The molecule has 10 atom stereocenters. The van der Waals surface area contributed by atoms with Crippen molar-refractivity contribution in [1.29, 1.82) is 0 Å². The van der Waals surface area contributed by atoms with E-state index in [0.29, 0.717) is 43.9 Å². The van der Waals surface area contributed by atoms with Crippen molar-refractivity contribution in [3.63, 3.8) is 0 Å². The molecule has 7 aliphatic rings. The van der Waals surface area contributed by atoms with Gasteiger partial charge in [0.1, 0.15) is 11.9 Å². The Bertz CT molecular complexity index is 2310. The van der Waals surface area contributed by atoms with E-state index in [-0.39, 0.29) is 40.5 Å². The van der Waals surface area contributed by atoms with E-state index < -0.39 is 34.1 Å². The molecule has 8 heteroatoms. The Morgan fingerprint density at radius 2 is 1.68 bits per heavy atom. The summed E-state index contributed by atoms with van der Waals surface area (Å²) in [6.45, 7) is 22.2. The van der Waals surface area contributed by atoms with Gasteiger partial charge < -0.3 is 29.2 Å². The second-order valence-corrected chi connectivity index (χ2v) is 23.1. The van der Waals surface area contributed by atoms with Crippen LogP contribution in [0.25, 0.3) is 11.0 Å². The van der Waals surface area contributed by atoms with E-state index in [1.807, 2.05) is 13.8 Å². The van der Waals surface area contributed by atoms with Gasteiger partial charge in [0.25, 0.3) is 0 Å². The van der Waals surface area contributed by atoms with Gasteiger partial charge in [0.2, 0.25) is 0 Å². The van der Waals surface area contributed by atoms with E-state index in [1.54, 1.807) is 0 Å². The maximum absolute atomic E-state index is 15.2. The molecule has 0 amide bonds. The van der Waals surface area contributed by atoms with Crippen molar-refractivity contribution in [2.24, 2.45) is 44.8 Å². The average Bonchev–Trinajstić information content (AvgIpc) is 3.43. The van der Waals surface area contributed by atoms with Crippen LogP contribution in [0.1, 0.15) is 147 Å². The molecule has 3 N–H and O–H groups in total. The number of aliphatic hydroxyl groups is 2. The molecule has 1 aromatic carbocycles. The van der Waals surface area contributed by atoms with Crippen molar-refractivity contribution in [2.45, 2.75) is 169 Å². The highest BCUT2D eigenvalue weighted by atomic mass is 16.6. The fourth-order valence-corrected chi connectivity index (χ4v) is 15.6. The molecule has 0 radical (unpaired) electrons. The van der Waals surface area contributed by atoms with E-state index in [1.165, 1.54) is 33.3 Å². The fraction of sp³-hybridized carbons (Fsp3) is 0.692. The van der Waals surface area contributed by atoms with Gasteiger partial charge in [-0.05, 0) is 134 Å². The number of allylic oxidation sites excluding steroid dienone is 1. The number of Topliss-reactive ketones (excluding diaryl/α,β-unsaturated/α-hetero) is 2. The number of rotatable bonds is 6. The Morgan fingerprint density at radius 3 is 2.40 bits per heavy atom. The van der Waals surface area contributed by atoms with E-state index in [0.717, 1.165) is 74.8 Å². The van der Waals surface area contributed by atoms with Crippen molar-refractivity contribution in [1.82, 2.24) is 9.55 Å². The monoisotopic (exact) mass is 819 g/mol. The van der Waals surface area contributed by atoms with Gasteiger partial charge in [-0.25, -0.2) is 0 Å². The third-order valence-corrected chi connectivity index (χ3v) is 18.8. The van der Waals surface area contributed by atoms with Crippen LogP contribution < -0.4 is 0 Å². The molecule has 4 aliphatic carbocycles. The summed E-state index contributed by atoms with van der Waals surface area (Å²) in [6, 6.07) is 7.11. The normalized spacial score (nSPS) is 39.0. The summed E-state index contributed by atoms with van der Waals surface area (Å²) in [7, 11) is 0. The van der Waals surface area contributed by atoms with Crippen molar-refractivity contribution in [3.05, 3.63) is 69.6 Å². The predicted octanol–water partition coefficient (Wildman–Crippen LogP) is 9.34. The number of aromatic amines is 1. The second kappa shape index (κ2) is 13.5. The lowest BCUT2D eigenvalue weighted by Crippen LogP contribution is -2.67. The number of fused-ring (bicyclic) bond motifs is 4. The largest absolute Gasteiger partial charge is 0.392 e. The molecular formula is C52H70N2O6. The van der Waals surface area contributed by atoms with Crippen LogP contribution in [0, 0.1) is 51.8 Å². The van der Waals surface area contributed by atoms with Gasteiger partial charge in [0, 0.05) is 73.7 Å². The number of nitrogens with zero attached hydrogens (tertiary/aromatic N) is 1. The number of aliphatic hydroxyl groups excluding tert-OH is 2. The van der Waals surface area contributed by atoms with Crippen LogP contribution in [0.3, 0.4) is 0 Å². The molecule has 0 unspecified atom stereocenters. The number of hydrogen-bond donors (Lipinski definition) is 3. The Labute approximate surface area is 357 Å². The van der Waals surface area contributed by atoms with Crippen molar-refractivity contribution >= 4 is 22.6 Å². The smallest absolute Gasteiger partial charge is 0.160 e. The SMILES string of the molecule is Cc1cc(Cc2cn3c4c(c[nH]c24)CC[C@@](C)(C[C@@H](O)[C@H]2OC2(C)C)C2=C4[C@@H](C3)[C@@H](O)[C@@H]3[C@]5(C)CCC(=O)C(C)(C)[C@@H]5CC[C@]3(C)[C@@]4(C)CC2=O)cc(C2CCOCC2)c1. The zero-order chi connectivity index (χ0) is 42.5. The summed E-state index contributed by atoms with van der Waals surface area (Å²) in [5.41, 5.74) is 8.27. The lowest BCUT2D eigenvalue weighted by Gasteiger charge is -2.70. The third kappa shape index (κ3) is 5.81. The summed E-state index contributed by atoms with van der Waals surface area (Å²) in [6.07, 6.45) is 11.2. The number of benzene rings is 1. The van der Waals surface area contributed by atoms with E-state index in [4.69, 9.17) is 9.47 Å². The van der Waals surface area contributed by atoms with E-state index in [9.17, 15) is 15.0 Å². The molecule has 2 aromatic heterocycles. The average molecular weight is 819 g/mol. The first-order valence-corrected chi connectivity index (χ1v) is 23.4. The summed E-state index contributed by atoms with van der Waals surface area (Å²) < 4.78 is 14.2. The molecule has 324 valence electrons. The molecule has 5 heterocycles. The summed E-state index contributed by atoms with van der Waals surface area (Å²) >= 11 is 0. The number of H-pyrrole nitrogens is 1. The van der Waals surface area contributed by atoms with Crippen LogP contribution in [0.2, 0.25) is 0 Å². The van der Waals surface area contributed by atoms with Gasteiger partial charge >= 0.3 is 0 Å². The Morgan fingerprint density at radius 1 is 0.950 bits per heavy atom. The molecular weight excluding hydrogens is 749 g/mol. The quantitative estimate of drug-likeness (QED) is 0.214. The number of ether oxygens (including phenoxy) is 2. The topological polar surface area (TPSA) is 117 Å². The number of aromatic nitrogens is 2. The number of epoxide rings is 1. The molecule has 3 saturated carbocycles. The third-order valence-electron chi connectivity index (χ3n) is 18.8. The van der Waals surface area contributed by atoms with Gasteiger partial charge in [-0.3, -0.25) is 9.59 Å². The van der Waals surface area contributed by atoms with Crippen LogP contribution in [0.5, 0.6) is 0 Å². The highest BCUT2D eigenvalue weighted by Gasteiger charge is 2.72. The predicted molar refractivity (Wildman–Crippen MR) is 234 cm³/mol. The zero-order valence-electron chi connectivity index (χ0n) is 37.8. The summed E-state index contributed by atoms with van der Waals surface area (Å²) in [5.74, 6) is 0.818. The zero-order valence-corrected chi connectivity index (χ0v) is 37.8. The summed E-state index contributed by atoms with van der Waals surface area (Å²) in [5, 5.41) is 25.4. The number of carbonyl (C=O) groups excluding carboxylic acids is 2. The number of carbonyl (C=O) groups is 2. The molecule has 2 saturated heterocycles. The molecule has 10 rings (SSSR count). The molecule has 0 bridgehead atoms. The van der Waals surface area contributed by atoms with E-state index >= 15 is 4.79 Å². The standard InChI is InChI=1S/C52H70N2O6/c1-29-20-30(22-33(21-29)31-13-18-59-19-14-31)23-34-27-54-28-35-40-41(49(6,24-37(56)46-48(4,5)60-46)15-10-32-26-53-42(34)43(32)54)36(55)25-52(40,9)51(8)17-11-38-47(2,3)39(57)12-16-50(38,7)45(51)44(35)58/h20-22,26-27,31,35,37-38,44-46,53,56,58H,10-19,23-25,28H2,1-9H3/t35-,37-,38+,44-,45-,46-,49+,50-,51+,52+/m1/s1. The highest BCUT2D eigenvalue weighted by Crippen LogP contribution is 2.75. The maximum Gasteiger partial charge on any atom is 0.160 e. The van der Waals surface area contributed by atoms with Gasteiger partial charge in [-0.15, -0.1) is 0 Å². The Balaban J connectivity index is 1.13. The molecule has 8 nitrogen and oxygen atoms in total. The van der Waals surface area contributed by atoms with Gasteiger partial charge in [-0.2, -0.15) is 0 Å². The van der Waals surface area contributed by atoms with Gasteiger partial charge in [0.15, 0.2) is 5.78 Å². The van der Waals surface area contributed by atoms with Crippen molar-refractivity contribution < 1.29 is 29.3 Å². The molecule has 5 fully saturated rings. The number of ketones is 2. The minimum atomic E-state index is -0.714. The van der Waals surface area contributed by atoms with Gasteiger partial charge in [-0.1, -0.05) is 65.3 Å². The van der Waals surface area contributed by atoms with Crippen LogP contribution >= 0.6 is 0 Å². The van der Waals surface area contributed by atoms with Crippen LogP contribution in [0.15, 0.2) is 41.7 Å². The molecule has 3 aliphatic heterocycles. The van der Waals surface area contributed by atoms with Crippen LogP contribution in [-0.4, -0.2) is 68.5 Å². The fourth-order valence-electron chi connectivity index (χ4n) is 15.6. The Kier molecular flexibility index (Phi) is 9.21. The first kappa shape index (κ1) is 41.0. The summed E-state index contributed by atoms with van der Waals surface area (Å²) in [4.78, 5) is 32.5. The number of nitrogens with one attached hydrogen (secondary N) is 1. The Hall–Kier alpha value is -3.04. The maximum atomic E-state index is 15.2. The lowest BCUT2D eigenvalue weighted by molar-refractivity contribution is -0.220. The van der Waals surface area contributed by atoms with Gasteiger partial charge in [0.05, 0.1) is 28.8 Å². The number of hydrogen-bond acceptors (Lipinski definition) is 6. The molecule has 60 heavy (non-hydrogen) atoms. The number of aryl methyl sites for hydroxylation is 2. The lowest BCUT2D eigenvalue weighted by atomic mass is 9.34. The van der Waals surface area contributed by atoms with Crippen LogP contribution in [-0.2, 0) is 38.4 Å². The van der Waals surface area contributed by atoms with Crippen molar-refractivity contribution in [3.8, 4) is 0 Å². The molecule has 3 aromatic rings. The van der Waals surface area contributed by atoms with Crippen LogP contribution in [0.4, 0.5) is 0 Å².